The van der Waals surface area contributed by atoms with Crippen molar-refractivity contribution in [3.8, 4) is 0 Å². The normalized spacial score (nSPS) is 13.3. The van der Waals surface area contributed by atoms with E-state index in [1.54, 1.807) is 31.7 Å². The van der Waals surface area contributed by atoms with Gasteiger partial charge in [0.15, 0.2) is 0 Å². The van der Waals surface area contributed by atoms with Crippen LogP contribution in [-0.4, -0.2) is 24.0 Å². The molecule has 20 heavy (non-hydrogen) atoms. The average molecular weight is 359 g/mol. The third-order valence-corrected chi connectivity index (χ3v) is 4.99. The van der Waals surface area contributed by atoms with Crippen molar-refractivity contribution in [3.63, 3.8) is 0 Å². The van der Waals surface area contributed by atoms with E-state index >= 15 is 0 Å². The van der Waals surface area contributed by atoms with Gasteiger partial charge < -0.3 is 10.3 Å². The fourth-order valence-corrected chi connectivity index (χ4v) is 3.29. The Labute approximate surface area is 126 Å². The Balaban J connectivity index is 2.12. The molecule has 6 nitrogen and oxygen atoms in total. The summed E-state index contributed by atoms with van der Waals surface area (Å²) in [5.41, 5.74) is 6.09. The number of nitrogen functional groups attached to an aromatic ring is 1. The van der Waals surface area contributed by atoms with Gasteiger partial charge in [0.25, 0.3) is 0 Å². The highest BCUT2D eigenvalue weighted by Gasteiger charge is 2.18. The second kappa shape index (κ2) is 5.94. The van der Waals surface area contributed by atoms with Gasteiger partial charge in [0.1, 0.15) is 0 Å². The van der Waals surface area contributed by atoms with Gasteiger partial charge in [0.2, 0.25) is 10.0 Å². The molecule has 0 radical (unpaired) electrons. The summed E-state index contributed by atoms with van der Waals surface area (Å²) in [5.74, 6) is 0. The molecule has 0 fully saturated rings. The van der Waals surface area contributed by atoms with Gasteiger partial charge in [-0.3, -0.25) is 0 Å². The zero-order valence-electron chi connectivity index (χ0n) is 10.8. The lowest BCUT2D eigenvalue weighted by atomic mass is 10.3. The van der Waals surface area contributed by atoms with Crippen molar-refractivity contribution in [3.05, 3.63) is 41.4 Å². The number of hydrogen-bond donors (Lipinski definition) is 2. The lowest BCUT2D eigenvalue weighted by Crippen LogP contribution is -2.35. The lowest BCUT2D eigenvalue weighted by molar-refractivity contribution is 0.520. The molecule has 108 valence electrons. The van der Waals surface area contributed by atoms with E-state index in [0.29, 0.717) is 16.7 Å². The van der Waals surface area contributed by atoms with Crippen molar-refractivity contribution in [1.29, 1.82) is 0 Å². The van der Waals surface area contributed by atoms with E-state index in [1.807, 2.05) is 4.57 Å². The topological polar surface area (TPSA) is 90.0 Å². The minimum absolute atomic E-state index is 0.149. The van der Waals surface area contributed by atoms with Gasteiger partial charge >= 0.3 is 0 Å². The number of benzene rings is 1. The van der Waals surface area contributed by atoms with Crippen LogP contribution < -0.4 is 10.5 Å². The molecule has 1 unspecified atom stereocenters. The molecule has 1 aromatic heterocycles. The molecule has 3 N–H and O–H groups in total. The van der Waals surface area contributed by atoms with Crippen molar-refractivity contribution < 1.29 is 8.42 Å². The highest BCUT2D eigenvalue weighted by Crippen LogP contribution is 2.22. The average Bonchev–Trinajstić information content (AvgIpc) is 2.84. The Morgan fingerprint density at radius 1 is 1.50 bits per heavy atom. The first-order valence-corrected chi connectivity index (χ1v) is 8.19. The summed E-state index contributed by atoms with van der Waals surface area (Å²) >= 11 is 3.24. The number of anilines is 1. The number of halogens is 1. The van der Waals surface area contributed by atoms with E-state index in [1.165, 1.54) is 12.1 Å². The Morgan fingerprint density at radius 2 is 2.25 bits per heavy atom. The first kappa shape index (κ1) is 15.0. The summed E-state index contributed by atoms with van der Waals surface area (Å²) in [6.45, 7) is 2.30. The van der Waals surface area contributed by atoms with E-state index in [9.17, 15) is 8.42 Å². The summed E-state index contributed by atoms with van der Waals surface area (Å²) in [7, 11) is -3.59. The monoisotopic (exact) mass is 358 g/mol. The Kier molecular flexibility index (Phi) is 4.46. The van der Waals surface area contributed by atoms with E-state index in [4.69, 9.17) is 5.73 Å². The van der Waals surface area contributed by atoms with Crippen LogP contribution >= 0.6 is 15.9 Å². The molecule has 1 heterocycles. The standard InChI is InChI=1S/C12H15BrN4O2S/c1-9(7-17-5-4-15-8-17)16-20(18,19)10-2-3-11(13)12(14)6-10/h2-6,8-9,16H,7,14H2,1H3. The van der Waals surface area contributed by atoms with Gasteiger partial charge in [-0.2, -0.15) is 0 Å². The van der Waals surface area contributed by atoms with Crippen LogP contribution in [0.2, 0.25) is 0 Å². The summed E-state index contributed by atoms with van der Waals surface area (Å²) in [6.07, 6.45) is 5.07. The predicted octanol–water partition coefficient (Wildman–Crippen LogP) is 1.59. The molecule has 0 spiro atoms. The van der Waals surface area contributed by atoms with Crippen LogP contribution in [0.5, 0.6) is 0 Å². The molecule has 0 saturated carbocycles. The van der Waals surface area contributed by atoms with Gasteiger partial charge in [-0.05, 0) is 41.1 Å². The molecular weight excluding hydrogens is 344 g/mol. The quantitative estimate of drug-likeness (QED) is 0.794. The molecule has 0 aliphatic heterocycles. The first-order valence-electron chi connectivity index (χ1n) is 5.91. The number of rotatable bonds is 5. The summed E-state index contributed by atoms with van der Waals surface area (Å²) in [4.78, 5) is 4.06. The third-order valence-electron chi connectivity index (χ3n) is 2.68. The zero-order chi connectivity index (χ0) is 14.8. The number of nitrogens with zero attached hydrogens (tertiary/aromatic N) is 2. The van der Waals surface area contributed by atoms with E-state index in [-0.39, 0.29) is 10.9 Å². The second-order valence-corrected chi connectivity index (χ2v) is 7.03. The lowest BCUT2D eigenvalue weighted by Gasteiger charge is -2.15. The molecule has 0 bridgehead atoms. The van der Waals surface area contributed by atoms with E-state index in [2.05, 4.69) is 25.6 Å². The molecule has 0 aliphatic carbocycles. The largest absolute Gasteiger partial charge is 0.398 e. The van der Waals surface area contributed by atoms with Crippen LogP contribution in [0.15, 0.2) is 46.3 Å². The third kappa shape index (κ3) is 3.59. The number of nitrogens with one attached hydrogen (secondary N) is 1. The van der Waals surface area contributed by atoms with Crippen LogP contribution in [0.3, 0.4) is 0 Å². The van der Waals surface area contributed by atoms with Crippen molar-refractivity contribution in [2.24, 2.45) is 0 Å². The maximum atomic E-state index is 12.2. The van der Waals surface area contributed by atoms with Crippen LogP contribution in [0, 0.1) is 0 Å². The second-order valence-electron chi connectivity index (χ2n) is 4.47. The fourth-order valence-electron chi connectivity index (χ4n) is 1.77. The highest BCUT2D eigenvalue weighted by atomic mass is 79.9. The van der Waals surface area contributed by atoms with Crippen LogP contribution in [-0.2, 0) is 16.6 Å². The number of aromatic nitrogens is 2. The molecule has 0 amide bonds. The Morgan fingerprint density at radius 3 is 2.85 bits per heavy atom. The fraction of sp³-hybridized carbons (Fsp3) is 0.250. The van der Waals surface area contributed by atoms with E-state index in [0.717, 1.165) is 0 Å². The summed E-state index contributed by atoms with van der Waals surface area (Å²) < 4.78 is 29.5. The van der Waals surface area contributed by atoms with E-state index < -0.39 is 10.0 Å². The zero-order valence-corrected chi connectivity index (χ0v) is 13.2. The van der Waals surface area contributed by atoms with Gasteiger partial charge in [0, 0.05) is 35.1 Å². The number of nitrogens with two attached hydrogens (primary N) is 1. The number of hydrogen-bond acceptors (Lipinski definition) is 4. The van der Waals surface area contributed by atoms with Crippen molar-refractivity contribution in [2.45, 2.75) is 24.4 Å². The number of imidazole rings is 1. The van der Waals surface area contributed by atoms with Gasteiger partial charge in [-0.15, -0.1) is 0 Å². The first-order chi connectivity index (χ1) is 9.38. The maximum Gasteiger partial charge on any atom is 0.240 e. The summed E-state index contributed by atoms with van der Waals surface area (Å²) in [5, 5.41) is 0. The van der Waals surface area contributed by atoms with Crippen molar-refractivity contribution >= 4 is 31.6 Å². The van der Waals surface area contributed by atoms with Crippen LogP contribution in [0.4, 0.5) is 5.69 Å². The molecule has 0 aliphatic rings. The van der Waals surface area contributed by atoms with Gasteiger partial charge in [-0.25, -0.2) is 18.1 Å². The van der Waals surface area contributed by atoms with Crippen LogP contribution in [0.25, 0.3) is 0 Å². The Hall–Kier alpha value is -1.38. The smallest absolute Gasteiger partial charge is 0.240 e. The van der Waals surface area contributed by atoms with Crippen molar-refractivity contribution in [2.75, 3.05) is 5.73 Å². The summed E-state index contributed by atoms with van der Waals surface area (Å²) in [6, 6.07) is 4.28. The Bertz CT molecular complexity index is 685. The molecular formula is C12H15BrN4O2S. The van der Waals surface area contributed by atoms with Gasteiger partial charge in [0.05, 0.1) is 11.2 Å². The molecule has 0 saturated heterocycles. The predicted molar refractivity (Wildman–Crippen MR) is 80.6 cm³/mol. The SMILES string of the molecule is CC(Cn1ccnc1)NS(=O)(=O)c1ccc(Br)c(N)c1. The number of sulfonamides is 1. The van der Waals surface area contributed by atoms with Gasteiger partial charge in [-0.1, -0.05) is 0 Å². The van der Waals surface area contributed by atoms with Crippen molar-refractivity contribution in [1.82, 2.24) is 14.3 Å². The maximum absolute atomic E-state index is 12.2. The molecule has 1 atom stereocenters. The molecule has 1 aromatic carbocycles. The molecule has 2 aromatic rings. The minimum atomic E-state index is -3.59. The molecule has 8 heteroatoms. The van der Waals surface area contributed by atoms with Crippen LogP contribution in [0.1, 0.15) is 6.92 Å². The molecule has 2 rings (SSSR count). The highest BCUT2D eigenvalue weighted by molar-refractivity contribution is 9.10. The minimum Gasteiger partial charge on any atom is -0.398 e.